The molecule has 24 heavy (non-hydrogen) atoms. The lowest BCUT2D eigenvalue weighted by molar-refractivity contribution is -0.137. The molecule has 0 saturated heterocycles. The average molecular weight is 348 g/mol. The van der Waals surface area contributed by atoms with Crippen molar-refractivity contribution in [2.75, 3.05) is 7.11 Å². The Morgan fingerprint density at radius 2 is 1.96 bits per heavy atom. The van der Waals surface area contributed by atoms with Gasteiger partial charge in [0, 0.05) is 18.8 Å². The number of methoxy groups -OCH3 is 1. The van der Waals surface area contributed by atoms with E-state index in [1.54, 1.807) is 24.5 Å². The Bertz CT molecular complexity index is 775. The van der Waals surface area contributed by atoms with Gasteiger partial charge in [0.15, 0.2) is 5.78 Å². The summed E-state index contributed by atoms with van der Waals surface area (Å²) in [5, 5.41) is 0.110. The minimum atomic E-state index is -0.755. The lowest BCUT2D eigenvalue weighted by Crippen LogP contribution is -2.15. The molecule has 1 heterocycles. The second-order valence-corrected chi connectivity index (χ2v) is 5.40. The van der Waals surface area contributed by atoms with Crippen LogP contribution in [0.3, 0.4) is 0 Å². The first-order valence-electron chi connectivity index (χ1n) is 7.18. The van der Waals surface area contributed by atoms with Gasteiger partial charge < -0.3 is 4.74 Å². The van der Waals surface area contributed by atoms with Crippen LogP contribution in [0.5, 0.6) is 0 Å². The van der Waals surface area contributed by atoms with Gasteiger partial charge in [0.05, 0.1) is 12.1 Å². The molecule has 0 aliphatic rings. The van der Waals surface area contributed by atoms with Gasteiger partial charge in [-0.1, -0.05) is 17.7 Å². The van der Waals surface area contributed by atoms with E-state index in [4.69, 9.17) is 11.6 Å². The fraction of sp³-hybridized carbons (Fsp3) is 0.167. The molecule has 124 valence electrons. The van der Waals surface area contributed by atoms with Crippen molar-refractivity contribution in [3.63, 3.8) is 0 Å². The number of Topliss-reactive ketones (excluding diaryl/α,β-unsaturated/α-hetero) is 1. The molecule has 0 aliphatic carbocycles. The molecular formula is C18H15ClFNO3. The number of ether oxygens (including phenoxy) is 1. The Balaban J connectivity index is 2.22. The van der Waals surface area contributed by atoms with Crippen molar-refractivity contribution < 1.29 is 18.7 Å². The summed E-state index contributed by atoms with van der Waals surface area (Å²) >= 11 is 5.94. The van der Waals surface area contributed by atoms with E-state index in [9.17, 15) is 14.0 Å². The van der Waals surface area contributed by atoms with Crippen molar-refractivity contribution >= 4 is 29.4 Å². The highest BCUT2D eigenvalue weighted by atomic mass is 35.5. The van der Waals surface area contributed by atoms with Crippen LogP contribution in [0.4, 0.5) is 4.39 Å². The molecule has 0 atom stereocenters. The number of benzene rings is 1. The summed E-state index contributed by atoms with van der Waals surface area (Å²) < 4.78 is 17.8. The maximum atomic E-state index is 13.1. The monoisotopic (exact) mass is 347 g/mol. The summed E-state index contributed by atoms with van der Waals surface area (Å²) in [6, 6.07) is 7.31. The van der Waals surface area contributed by atoms with Gasteiger partial charge >= 0.3 is 5.97 Å². The molecule has 1 aromatic heterocycles. The molecule has 0 saturated carbocycles. The van der Waals surface area contributed by atoms with Crippen molar-refractivity contribution in [3.8, 4) is 0 Å². The predicted molar refractivity (Wildman–Crippen MR) is 89.0 cm³/mol. The number of rotatable bonds is 6. The zero-order valence-electron chi connectivity index (χ0n) is 13.0. The summed E-state index contributed by atoms with van der Waals surface area (Å²) in [5.41, 5.74) is 1.18. The van der Waals surface area contributed by atoms with Crippen LogP contribution in [0.2, 0.25) is 5.02 Å². The topological polar surface area (TPSA) is 56.3 Å². The molecule has 0 radical (unpaired) electrons. The van der Waals surface area contributed by atoms with E-state index in [1.165, 1.54) is 25.3 Å². The van der Waals surface area contributed by atoms with Crippen molar-refractivity contribution in [1.29, 1.82) is 0 Å². The minimum Gasteiger partial charge on any atom is -0.465 e. The summed E-state index contributed by atoms with van der Waals surface area (Å²) in [5.74, 6) is -1.63. The fourth-order valence-corrected chi connectivity index (χ4v) is 2.30. The number of halogens is 2. The van der Waals surface area contributed by atoms with Crippen LogP contribution in [0.15, 0.2) is 48.3 Å². The zero-order chi connectivity index (χ0) is 17.5. The third-order valence-corrected chi connectivity index (χ3v) is 3.69. The highest BCUT2D eigenvalue weighted by Gasteiger charge is 2.19. The van der Waals surface area contributed by atoms with Crippen molar-refractivity contribution in [2.24, 2.45) is 0 Å². The molecule has 0 amide bonds. The Morgan fingerprint density at radius 3 is 2.58 bits per heavy atom. The summed E-state index contributed by atoms with van der Waals surface area (Å²) in [7, 11) is 1.19. The maximum Gasteiger partial charge on any atom is 0.341 e. The smallest absolute Gasteiger partial charge is 0.341 e. The molecule has 0 aliphatic heterocycles. The maximum absolute atomic E-state index is 13.1. The van der Waals surface area contributed by atoms with E-state index in [0.29, 0.717) is 12.0 Å². The lowest BCUT2D eigenvalue weighted by Gasteiger charge is -2.06. The van der Waals surface area contributed by atoms with E-state index < -0.39 is 11.8 Å². The average Bonchev–Trinajstić information content (AvgIpc) is 2.59. The first-order chi connectivity index (χ1) is 11.5. The number of aromatic nitrogens is 1. The molecule has 6 heteroatoms. The first-order valence-corrected chi connectivity index (χ1v) is 7.56. The van der Waals surface area contributed by atoms with Crippen molar-refractivity contribution in [3.05, 3.63) is 70.3 Å². The molecular weight excluding hydrogens is 333 g/mol. The van der Waals surface area contributed by atoms with Gasteiger partial charge in [-0.25, -0.2) is 9.18 Å². The van der Waals surface area contributed by atoms with Crippen LogP contribution in [0.1, 0.15) is 17.5 Å². The van der Waals surface area contributed by atoms with Crippen LogP contribution < -0.4 is 0 Å². The SMILES string of the molecule is COC(=O)/C(=C/c1ccc(F)cc1Cl)C(=O)CCc1ccncc1. The predicted octanol–water partition coefficient (Wildman–Crippen LogP) is 3.63. The van der Waals surface area contributed by atoms with Crippen molar-refractivity contribution in [1.82, 2.24) is 4.98 Å². The zero-order valence-corrected chi connectivity index (χ0v) is 13.7. The number of hydrogen-bond donors (Lipinski definition) is 0. The van der Waals surface area contributed by atoms with Crippen LogP contribution in [-0.2, 0) is 20.7 Å². The molecule has 2 rings (SSSR count). The number of hydrogen-bond acceptors (Lipinski definition) is 4. The number of ketones is 1. The molecule has 0 bridgehead atoms. The Hall–Kier alpha value is -2.53. The van der Waals surface area contributed by atoms with Crippen LogP contribution >= 0.6 is 11.6 Å². The van der Waals surface area contributed by atoms with Gasteiger partial charge in [-0.05, 0) is 47.9 Å². The van der Waals surface area contributed by atoms with E-state index in [-0.39, 0.29) is 22.8 Å². The largest absolute Gasteiger partial charge is 0.465 e. The van der Waals surface area contributed by atoms with Gasteiger partial charge in [-0.2, -0.15) is 0 Å². The number of nitrogens with zero attached hydrogens (tertiary/aromatic N) is 1. The van der Waals surface area contributed by atoms with Gasteiger partial charge in [-0.15, -0.1) is 0 Å². The van der Waals surface area contributed by atoms with Gasteiger partial charge in [0.25, 0.3) is 0 Å². The molecule has 0 unspecified atom stereocenters. The van der Waals surface area contributed by atoms with Crippen LogP contribution in [0.25, 0.3) is 6.08 Å². The molecule has 0 fully saturated rings. The highest BCUT2D eigenvalue weighted by molar-refractivity contribution is 6.32. The summed E-state index contributed by atoms with van der Waals surface area (Å²) in [6.45, 7) is 0. The van der Waals surface area contributed by atoms with Gasteiger partial charge in [-0.3, -0.25) is 9.78 Å². The third-order valence-electron chi connectivity index (χ3n) is 3.36. The Kier molecular flexibility index (Phi) is 6.21. The van der Waals surface area contributed by atoms with E-state index in [0.717, 1.165) is 11.6 Å². The summed E-state index contributed by atoms with van der Waals surface area (Å²) in [6.07, 6.45) is 5.18. The van der Waals surface area contributed by atoms with Gasteiger partial charge in [0.2, 0.25) is 0 Å². The van der Waals surface area contributed by atoms with E-state index in [2.05, 4.69) is 9.72 Å². The van der Waals surface area contributed by atoms with Crippen molar-refractivity contribution in [2.45, 2.75) is 12.8 Å². The second-order valence-electron chi connectivity index (χ2n) is 4.99. The molecule has 0 N–H and O–H groups in total. The Labute approximate surface area is 143 Å². The molecule has 4 nitrogen and oxygen atoms in total. The molecule has 1 aromatic carbocycles. The lowest BCUT2D eigenvalue weighted by atomic mass is 10.0. The number of carbonyl (C=O) groups is 2. The molecule has 0 spiro atoms. The highest BCUT2D eigenvalue weighted by Crippen LogP contribution is 2.21. The second kappa shape index (κ2) is 8.36. The quantitative estimate of drug-likeness (QED) is 0.346. The number of carbonyl (C=O) groups excluding carboxylic acids is 2. The Morgan fingerprint density at radius 1 is 1.25 bits per heavy atom. The third kappa shape index (κ3) is 4.73. The van der Waals surface area contributed by atoms with E-state index >= 15 is 0 Å². The first kappa shape index (κ1) is 17.8. The number of esters is 1. The number of pyridine rings is 1. The summed E-state index contributed by atoms with van der Waals surface area (Å²) in [4.78, 5) is 28.2. The van der Waals surface area contributed by atoms with E-state index in [1.807, 2.05) is 0 Å². The van der Waals surface area contributed by atoms with Gasteiger partial charge in [0.1, 0.15) is 11.4 Å². The fourth-order valence-electron chi connectivity index (χ4n) is 2.08. The molecule has 2 aromatic rings. The van der Waals surface area contributed by atoms with Crippen LogP contribution in [0, 0.1) is 5.82 Å². The minimum absolute atomic E-state index is 0.110. The van der Waals surface area contributed by atoms with Crippen LogP contribution in [-0.4, -0.2) is 23.8 Å². The number of aryl methyl sites for hydroxylation is 1. The standard InChI is InChI=1S/C18H15ClFNO3/c1-24-18(23)15(10-13-3-4-14(20)11-16(13)19)17(22)5-2-12-6-8-21-9-7-12/h3-4,6-11H,2,5H2,1H3/b15-10+. The normalized spacial score (nSPS) is 11.2.